The van der Waals surface area contributed by atoms with Crippen LogP contribution in [-0.2, 0) is 0 Å². The van der Waals surface area contributed by atoms with E-state index in [2.05, 4.69) is 4.98 Å². The van der Waals surface area contributed by atoms with E-state index in [-0.39, 0.29) is 30.8 Å². The first-order valence-electron chi connectivity index (χ1n) is 4.96. The van der Waals surface area contributed by atoms with Crippen LogP contribution in [0.15, 0.2) is 6.07 Å². The molecule has 16 heavy (non-hydrogen) atoms. The standard InChI is InChI=1S/C10H15F2N3O/c1-6(2)15(3-4-16)10-8(12)5-7(11)9(13)14-10/h5-6,16H,3-4H2,1-2H3,(H2,13,14). The SMILES string of the molecule is CC(C)N(CCO)c1nc(N)c(F)cc1F. The van der Waals surface area contributed by atoms with Gasteiger partial charge in [-0.05, 0) is 13.8 Å². The Bertz CT molecular complexity index is 371. The first-order valence-corrected chi connectivity index (χ1v) is 4.96. The van der Waals surface area contributed by atoms with Gasteiger partial charge in [0.1, 0.15) is 0 Å². The Balaban J connectivity index is 3.13. The molecule has 0 bridgehead atoms. The number of nitrogen functional groups attached to an aromatic ring is 1. The minimum atomic E-state index is -0.881. The summed E-state index contributed by atoms with van der Waals surface area (Å²) < 4.78 is 26.4. The van der Waals surface area contributed by atoms with E-state index in [4.69, 9.17) is 10.8 Å². The summed E-state index contributed by atoms with van der Waals surface area (Å²) in [5.74, 6) is -2.05. The molecular formula is C10H15F2N3O. The number of rotatable bonds is 4. The lowest BCUT2D eigenvalue weighted by Gasteiger charge is -2.27. The summed E-state index contributed by atoms with van der Waals surface area (Å²) in [5, 5.41) is 8.86. The van der Waals surface area contributed by atoms with E-state index in [0.29, 0.717) is 6.07 Å². The molecule has 0 fully saturated rings. The molecule has 1 heterocycles. The normalized spacial score (nSPS) is 10.9. The van der Waals surface area contributed by atoms with Crippen LogP contribution < -0.4 is 10.6 Å². The minimum Gasteiger partial charge on any atom is -0.395 e. The summed E-state index contributed by atoms with van der Waals surface area (Å²) in [5.41, 5.74) is 5.28. The van der Waals surface area contributed by atoms with Crippen molar-refractivity contribution in [3.63, 3.8) is 0 Å². The van der Waals surface area contributed by atoms with Crippen LogP contribution in [0.25, 0.3) is 0 Å². The minimum absolute atomic E-state index is 0.0389. The number of hydrogen-bond acceptors (Lipinski definition) is 4. The second-order valence-electron chi connectivity index (χ2n) is 3.67. The fourth-order valence-electron chi connectivity index (χ4n) is 1.39. The van der Waals surface area contributed by atoms with Gasteiger partial charge in [0.05, 0.1) is 6.61 Å². The smallest absolute Gasteiger partial charge is 0.168 e. The van der Waals surface area contributed by atoms with E-state index in [0.717, 1.165) is 0 Å². The maximum absolute atomic E-state index is 13.5. The monoisotopic (exact) mass is 231 g/mol. The predicted octanol–water partition coefficient (Wildman–Crippen LogP) is 1.15. The predicted molar refractivity (Wildman–Crippen MR) is 58.1 cm³/mol. The number of aromatic nitrogens is 1. The third-order valence-electron chi connectivity index (χ3n) is 2.17. The lowest BCUT2D eigenvalue weighted by Crippen LogP contribution is -2.35. The maximum Gasteiger partial charge on any atom is 0.168 e. The number of halogens is 2. The zero-order valence-corrected chi connectivity index (χ0v) is 9.24. The van der Waals surface area contributed by atoms with Crippen molar-refractivity contribution in [1.29, 1.82) is 0 Å². The summed E-state index contributed by atoms with van der Waals surface area (Å²) in [6.45, 7) is 3.70. The number of hydrogen-bond donors (Lipinski definition) is 2. The van der Waals surface area contributed by atoms with E-state index in [1.807, 2.05) is 13.8 Å². The lowest BCUT2D eigenvalue weighted by atomic mass is 10.3. The van der Waals surface area contributed by atoms with Gasteiger partial charge >= 0.3 is 0 Å². The third kappa shape index (κ3) is 2.57. The van der Waals surface area contributed by atoms with Crippen molar-refractivity contribution in [1.82, 2.24) is 4.98 Å². The Kier molecular flexibility index (Phi) is 4.00. The maximum atomic E-state index is 13.5. The summed E-state index contributed by atoms with van der Waals surface area (Å²) in [6.07, 6.45) is 0. The first-order chi connectivity index (χ1) is 7.47. The van der Waals surface area contributed by atoms with Crippen molar-refractivity contribution in [2.75, 3.05) is 23.8 Å². The molecule has 0 aliphatic heterocycles. The number of aliphatic hydroxyl groups excluding tert-OH is 1. The van der Waals surface area contributed by atoms with Gasteiger partial charge in [0, 0.05) is 18.7 Å². The highest BCUT2D eigenvalue weighted by atomic mass is 19.1. The molecule has 1 aromatic rings. The lowest BCUT2D eigenvalue weighted by molar-refractivity contribution is 0.298. The van der Waals surface area contributed by atoms with Crippen molar-refractivity contribution in [3.05, 3.63) is 17.7 Å². The number of nitrogens with two attached hydrogens (primary N) is 1. The largest absolute Gasteiger partial charge is 0.395 e. The van der Waals surface area contributed by atoms with Gasteiger partial charge < -0.3 is 15.7 Å². The highest BCUT2D eigenvalue weighted by Crippen LogP contribution is 2.22. The van der Waals surface area contributed by atoms with Gasteiger partial charge in [-0.1, -0.05) is 0 Å². The molecule has 0 unspecified atom stereocenters. The van der Waals surface area contributed by atoms with Crippen LogP contribution in [0.5, 0.6) is 0 Å². The van der Waals surface area contributed by atoms with Gasteiger partial charge in [-0.3, -0.25) is 0 Å². The fraction of sp³-hybridized carbons (Fsp3) is 0.500. The number of pyridine rings is 1. The molecule has 3 N–H and O–H groups in total. The molecule has 0 saturated carbocycles. The molecule has 6 heteroatoms. The van der Waals surface area contributed by atoms with Crippen molar-refractivity contribution in [3.8, 4) is 0 Å². The van der Waals surface area contributed by atoms with Crippen LogP contribution in [0.2, 0.25) is 0 Å². The molecule has 0 radical (unpaired) electrons. The van der Waals surface area contributed by atoms with E-state index >= 15 is 0 Å². The van der Waals surface area contributed by atoms with Crippen molar-refractivity contribution in [2.45, 2.75) is 19.9 Å². The Morgan fingerprint density at radius 3 is 2.56 bits per heavy atom. The van der Waals surface area contributed by atoms with Crippen molar-refractivity contribution < 1.29 is 13.9 Å². The van der Waals surface area contributed by atoms with Crippen molar-refractivity contribution in [2.24, 2.45) is 0 Å². The molecule has 1 aromatic heterocycles. The zero-order chi connectivity index (χ0) is 12.3. The third-order valence-corrected chi connectivity index (χ3v) is 2.17. The molecule has 90 valence electrons. The Hall–Kier alpha value is -1.43. The van der Waals surface area contributed by atoms with Crippen LogP contribution in [0, 0.1) is 11.6 Å². The van der Waals surface area contributed by atoms with Crippen LogP contribution >= 0.6 is 0 Å². The average molecular weight is 231 g/mol. The highest BCUT2D eigenvalue weighted by molar-refractivity contribution is 5.47. The Morgan fingerprint density at radius 2 is 2.06 bits per heavy atom. The molecule has 0 atom stereocenters. The number of anilines is 2. The van der Waals surface area contributed by atoms with Gasteiger partial charge in [-0.2, -0.15) is 0 Å². The second kappa shape index (κ2) is 5.07. The topological polar surface area (TPSA) is 62.4 Å². The molecule has 0 amide bonds. The molecule has 4 nitrogen and oxygen atoms in total. The molecule has 0 saturated heterocycles. The van der Waals surface area contributed by atoms with Gasteiger partial charge in [-0.25, -0.2) is 13.8 Å². The molecule has 0 aromatic carbocycles. The zero-order valence-electron chi connectivity index (χ0n) is 9.24. The van der Waals surface area contributed by atoms with E-state index < -0.39 is 11.6 Å². The van der Waals surface area contributed by atoms with Crippen LogP contribution in [-0.4, -0.2) is 29.3 Å². The van der Waals surface area contributed by atoms with E-state index in [1.165, 1.54) is 4.90 Å². The van der Waals surface area contributed by atoms with Gasteiger partial charge in [0.25, 0.3) is 0 Å². The van der Waals surface area contributed by atoms with Crippen LogP contribution in [0.4, 0.5) is 20.4 Å². The Morgan fingerprint density at radius 1 is 1.44 bits per heavy atom. The summed E-state index contributed by atoms with van der Waals surface area (Å²) in [6, 6.07) is 0.628. The van der Waals surface area contributed by atoms with Gasteiger partial charge in [0.15, 0.2) is 23.3 Å². The molecule has 0 spiro atoms. The molecule has 0 aliphatic rings. The average Bonchev–Trinajstić information content (AvgIpc) is 2.20. The van der Waals surface area contributed by atoms with Gasteiger partial charge in [0.2, 0.25) is 0 Å². The second-order valence-corrected chi connectivity index (χ2v) is 3.67. The number of aliphatic hydroxyl groups is 1. The van der Waals surface area contributed by atoms with Crippen LogP contribution in [0.1, 0.15) is 13.8 Å². The number of nitrogens with zero attached hydrogens (tertiary/aromatic N) is 2. The Labute approximate surface area is 92.7 Å². The van der Waals surface area contributed by atoms with Crippen LogP contribution in [0.3, 0.4) is 0 Å². The summed E-state index contributed by atoms with van der Waals surface area (Å²) in [4.78, 5) is 5.17. The molecule has 1 rings (SSSR count). The van der Waals surface area contributed by atoms with E-state index in [9.17, 15) is 8.78 Å². The molecule has 0 aliphatic carbocycles. The van der Waals surface area contributed by atoms with Gasteiger partial charge in [-0.15, -0.1) is 0 Å². The summed E-state index contributed by atoms with van der Waals surface area (Å²) >= 11 is 0. The van der Waals surface area contributed by atoms with Crippen molar-refractivity contribution >= 4 is 11.6 Å². The van der Waals surface area contributed by atoms with E-state index in [1.54, 1.807) is 0 Å². The molecular weight excluding hydrogens is 216 g/mol. The fourth-order valence-corrected chi connectivity index (χ4v) is 1.39. The summed E-state index contributed by atoms with van der Waals surface area (Å²) in [7, 11) is 0. The highest BCUT2D eigenvalue weighted by Gasteiger charge is 2.18. The first kappa shape index (κ1) is 12.6. The quantitative estimate of drug-likeness (QED) is 0.816.